The van der Waals surface area contributed by atoms with Gasteiger partial charge in [-0.2, -0.15) is 4.31 Å². The van der Waals surface area contributed by atoms with E-state index in [0.29, 0.717) is 54.8 Å². The highest BCUT2D eigenvalue weighted by atomic mass is 32.2. The molecule has 0 aromatic heterocycles. The molecule has 2 aliphatic rings. The molecule has 2 bridgehead atoms. The monoisotopic (exact) mass is 566 g/mol. The normalized spacial score (nSPS) is 22.4. The minimum absolute atomic E-state index is 0.00808. The lowest BCUT2D eigenvalue weighted by atomic mass is 9.83. The maximum Gasteiger partial charge on any atom is 0.251 e. The van der Waals surface area contributed by atoms with Crippen molar-refractivity contribution in [3.63, 3.8) is 0 Å². The van der Waals surface area contributed by atoms with Gasteiger partial charge in [-0.05, 0) is 80.3 Å². The number of sulfonamides is 1. The van der Waals surface area contributed by atoms with Gasteiger partial charge in [0.25, 0.3) is 5.91 Å². The number of benzene rings is 2. The maximum atomic E-state index is 13.7. The fraction of sp³-hybridized carbons (Fsp3) is 0.519. The molecule has 4 N–H and O–H groups in total. The number of fused-ring (bicyclic) bond motifs is 2. The fourth-order valence-corrected chi connectivity index (χ4v) is 8.22. The standard InChI is InChI=1S/C27H36F2N4O3S2/c1-18-13-24(28)25(29)16-20(18)17-26(30)21-14-22-7-8-23(15-21)33(22)38(35,36)12-10-32-37-11-9-31-27(34)19-5-3-2-4-6-19/h2-6,13,16,21-23,26,32H,7-12,14-15,17,30H2,1H3,(H,31,34)/t21?,22-,23?,26?/m0/s1. The van der Waals surface area contributed by atoms with Gasteiger partial charge in [0.1, 0.15) is 0 Å². The molecule has 2 aromatic rings. The first kappa shape index (κ1) is 28.9. The van der Waals surface area contributed by atoms with E-state index in [1.165, 1.54) is 24.1 Å². The van der Waals surface area contributed by atoms with E-state index in [4.69, 9.17) is 5.73 Å². The molecule has 2 heterocycles. The number of amides is 1. The number of carbonyl (C=O) groups is 1. The Bertz CT molecular complexity index is 1200. The average Bonchev–Trinajstić information content (AvgIpc) is 3.18. The van der Waals surface area contributed by atoms with Crippen LogP contribution in [-0.2, 0) is 16.4 Å². The highest BCUT2D eigenvalue weighted by molar-refractivity contribution is 7.97. The third-order valence-electron chi connectivity index (χ3n) is 7.55. The van der Waals surface area contributed by atoms with E-state index in [-0.39, 0.29) is 35.7 Å². The van der Waals surface area contributed by atoms with Crippen LogP contribution in [0.3, 0.4) is 0 Å². The van der Waals surface area contributed by atoms with Gasteiger partial charge in [-0.1, -0.05) is 30.1 Å². The zero-order valence-corrected chi connectivity index (χ0v) is 23.2. The van der Waals surface area contributed by atoms with E-state index in [1.54, 1.807) is 23.4 Å². The first-order valence-electron chi connectivity index (χ1n) is 13.0. The predicted octanol–water partition coefficient (Wildman–Crippen LogP) is 3.38. The molecule has 2 aliphatic heterocycles. The van der Waals surface area contributed by atoms with Crippen LogP contribution < -0.4 is 15.8 Å². The van der Waals surface area contributed by atoms with Crippen molar-refractivity contribution < 1.29 is 22.0 Å². The summed E-state index contributed by atoms with van der Waals surface area (Å²) < 4.78 is 58.4. The topological polar surface area (TPSA) is 105 Å². The molecule has 0 saturated carbocycles. The summed E-state index contributed by atoms with van der Waals surface area (Å²) in [7, 11) is -3.43. The Labute approximate surface area is 228 Å². The highest BCUT2D eigenvalue weighted by Crippen LogP contribution is 2.42. The molecule has 0 spiro atoms. The van der Waals surface area contributed by atoms with Gasteiger partial charge in [-0.25, -0.2) is 17.2 Å². The van der Waals surface area contributed by atoms with Gasteiger partial charge in [-0.15, -0.1) is 0 Å². The summed E-state index contributed by atoms with van der Waals surface area (Å²) in [4.78, 5) is 12.0. The van der Waals surface area contributed by atoms with Gasteiger partial charge in [-0.3, -0.25) is 9.52 Å². The van der Waals surface area contributed by atoms with E-state index in [9.17, 15) is 22.0 Å². The molecule has 3 unspecified atom stereocenters. The molecule has 4 rings (SSSR count). The summed E-state index contributed by atoms with van der Waals surface area (Å²) in [6.07, 6.45) is 3.44. The van der Waals surface area contributed by atoms with Crippen LogP contribution >= 0.6 is 11.9 Å². The summed E-state index contributed by atoms with van der Waals surface area (Å²) in [6.45, 7) is 2.53. The number of nitrogens with zero attached hydrogens (tertiary/aromatic N) is 1. The van der Waals surface area contributed by atoms with Crippen molar-refractivity contribution >= 4 is 27.9 Å². The second-order valence-electron chi connectivity index (χ2n) is 10.2. The third-order valence-corrected chi connectivity index (χ3v) is 10.3. The molecule has 2 saturated heterocycles. The van der Waals surface area contributed by atoms with E-state index in [2.05, 4.69) is 10.0 Å². The van der Waals surface area contributed by atoms with Crippen LogP contribution in [-0.4, -0.2) is 61.4 Å². The van der Waals surface area contributed by atoms with Crippen molar-refractivity contribution in [1.82, 2.24) is 14.3 Å². The smallest absolute Gasteiger partial charge is 0.251 e. The number of piperidine rings is 1. The van der Waals surface area contributed by atoms with E-state index in [0.717, 1.165) is 12.8 Å². The molecule has 0 radical (unpaired) electrons. The maximum absolute atomic E-state index is 13.7. The van der Waals surface area contributed by atoms with Crippen LogP contribution in [0.2, 0.25) is 0 Å². The number of rotatable bonds is 12. The largest absolute Gasteiger partial charge is 0.351 e. The van der Waals surface area contributed by atoms with Gasteiger partial charge in [0.15, 0.2) is 11.6 Å². The highest BCUT2D eigenvalue weighted by Gasteiger charge is 2.47. The number of aryl methyl sites for hydroxylation is 1. The summed E-state index contributed by atoms with van der Waals surface area (Å²) in [6, 6.07) is 11.0. The molecule has 0 aliphatic carbocycles. The lowest BCUT2D eigenvalue weighted by molar-refractivity contribution is 0.0956. The Balaban J connectivity index is 1.20. The zero-order chi connectivity index (χ0) is 27.3. The van der Waals surface area contributed by atoms with Gasteiger partial charge < -0.3 is 11.1 Å². The van der Waals surface area contributed by atoms with Crippen LogP contribution in [0, 0.1) is 24.5 Å². The second-order valence-corrected chi connectivity index (χ2v) is 13.2. The predicted molar refractivity (Wildman–Crippen MR) is 147 cm³/mol. The number of hydrogen-bond acceptors (Lipinski definition) is 6. The van der Waals surface area contributed by atoms with Crippen molar-refractivity contribution in [3.8, 4) is 0 Å². The molecule has 4 atom stereocenters. The second kappa shape index (κ2) is 12.9. The number of carbonyl (C=O) groups excluding carboxylic acids is 1. The van der Waals surface area contributed by atoms with Crippen molar-refractivity contribution in [2.24, 2.45) is 11.7 Å². The summed E-state index contributed by atoms with van der Waals surface area (Å²) >= 11 is 1.39. The van der Waals surface area contributed by atoms with Gasteiger partial charge in [0.05, 0.1) is 5.75 Å². The average molecular weight is 567 g/mol. The van der Waals surface area contributed by atoms with Crippen molar-refractivity contribution in [2.45, 2.75) is 57.2 Å². The Kier molecular flexibility index (Phi) is 9.80. The van der Waals surface area contributed by atoms with Crippen LogP contribution in [0.5, 0.6) is 0 Å². The van der Waals surface area contributed by atoms with Gasteiger partial charge in [0, 0.05) is 42.5 Å². The van der Waals surface area contributed by atoms with Crippen molar-refractivity contribution in [1.29, 1.82) is 0 Å². The summed E-state index contributed by atoms with van der Waals surface area (Å²) in [5.74, 6) is -1.11. The van der Waals surface area contributed by atoms with E-state index < -0.39 is 21.7 Å². The van der Waals surface area contributed by atoms with Crippen LogP contribution in [0.1, 0.15) is 47.2 Å². The zero-order valence-electron chi connectivity index (χ0n) is 21.5. The lowest BCUT2D eigenvalue weighted by Gasteiger charge is -2.40. The Morgan fingerprint density at radius 1 is 1.11 bits per heavy atom. The van der Waals surface area contributed by atoms with Gasteiger partial charge >= 0.3 is 0 Å². The van der Waals surface area contributed by atoms with E-state index >= 15 is 0 Å². The van der Waals surface area contributed by atoms with Crippen molar-refractivity contribution in [2.75, 3.05) is 24.6 Å². The van der Waals surface area contributed by atoms with Crippen LogP contribution in [0.25, 0.3) is 0 Å². The Hall–Kier alpha value is -2.05. The molecule has 38 heavy (non-hydrogen) atoms. The molecule has 2 aromatic carbocycles. The summed E-state index contributed by atoms with van der Waals surface area (Å²) in [5.41, 5.74) is 8.49. The Morgan fingerprint density at radius 3 is 2.45 bits per heavy atom. The molecule has 2 fully saturated rings. The number of nitrogens with two attached hydrogens (primary N) is 1. The van der Waals surface area contributed by atoms with Crippen molar-refractivity contribution in [3.05, 3.63) is 70.8 Å². The first-order valence-corrected chi connectivity index (χ1v) is 15.6. The molecule has 208 valence electrons. The minimum atomic E-state index is -3.43. The molecule has 11 heteroatoms. The number of nitrogens with one attached hydrogen (secondary N) is 2. The molecule has 7 nitrogen and oxygen atoms in total. The van der Waals surface area contributed by atoms with Gasteiger partial charge in [0.2, 0.25) is 10.0 Å². The lowest BCUT2D eigenvalue weighted by Crippen LogP contribution is -2.51. The molecule has 1 amide bonds. The third kappa shape index (κ3) is 7.12. The van der Waals surface area contributed by atoms with E-state index in [1.807, 2.05) is 18.2 Å². The molecular formula is C27H36F2N4O3S2. The fourth-order valence-electron chi connectivity index (χ4n) is 5.64. The number of halogens is 2. The molecular weight excluding hydrogens is 530 g/mol. The quantitative estimate of drug-likeness (QED) is 0.269. The SMILES string of the molecule is Cc1cc(F)c(F)cc1CC(N)C1CC2CC[C@@H](C1)N2S(=O)(=O)CCNSCCNC(=O)c1ccccc1. The summed E-state index contributed by atoms with van der Waals surface area (Å²) in [5, 5.41) is 2.84. The minimum Gasteiger partial charge on any atom is -0.351 e. The first-order chi connectivity index (χ1) is 18.2. The van der Waals surface area contributed by atoms with Crippen LogP contribution in [0.4, 0.5) is 8.78 Å². The Morgan fingerprint density at radius 2 is 1.76 bits per heavy atom. The number of hydrogen-bond donors (Lipinski definition) is 3. The van der Waals surface area contributed by atoms with Crippen LogP contribution in [0.15, 0.2) is 42.5 Å².